The van der Waals surface area contributed by atoms with Gasteiger partial charge in [-0.1, -0.05) is 97.8 Å². The molecule has 0 aromatic rings. The molecule has 35 heavy (non-hydrogen) atoms. The van der Waals surface area contributed by atoms with Crippen LogP contribution < -0.4 is 0 Å². The molecular weight excluding hydrogens is 467 g/mol. The van der Waals surface area contributed by atoms with Crippen molar-refractivity contribution in [3.05, 3.63) is 0 Å². The van der Waals surface area contributed by atoms with Crippen LogP contribution in [0.15, 0.2) is 0 Å². The zero-order valence-corrected chi connectivity index (χ0v) is 23.9. The highest BCUT2D eigenvalue weighted by Crippen LogP contribution is 2.78. The van der Waals surface area contributed by atoms with E-state index in [1.807, 2.05) is 20.8 Å². The highest BCUT2D eigenvalue weighted by molar-refractivity contribution is 7.71. The van der Waals surface area contributed by atoms with E-state index in [1.54, 1.807) is 0 Å². The fourth-order valence-electron chi connectivity index (χ4n) is 5.52. The minimum absolute atomic E-state index is 0.00469. The van der Waals surface area contributed by atoms with Crippen molar-refractivity contribution in [3.8, 4) is 0 Å². The maximum absolute atomic E-state index is 15.5. The van der Waals surface area contributed by atoms with Gasteiger partial charge >= 0.3 is 17.9 Å². The van der Waals surface area contributed by atoms with Crippen LogP contribution in [0.1, 0.15) is 138 Å². The molecule has 7 nitrogen and oxygen atoms in total. The van der Waals surface area contributed by atoms with Crippen molar-refractivity contribution >= 4 is 25.0 Å². The monoisotopic (exact) mass is 518 g/mol. The number of aliphatic carboxylic acids is 3. The summed E-state index contributed by atoms with van der Waals surface area (Å²) in [7, 11) is -4.50. The SMILES string of the molecule is CCCCCCC(C)(C(=O)O)P(=O)(C(C)(CCCCCC)C(=O)O)C(C)(CCCCCC)C(=O)O. The zero-order chi connectivity index (χ0) is 27.3. The van der Waals surface area contributed by atoms with E-state index < -0.39 is 40.5 Å². The summed E-state index contributed by atoms with van der Waals surface area (Å²) in [5, 5.41) is 25.5. The number of hydrogen-bond donors (Lipinski definition) is 3. The smallest absolute Gasteiger partial charge is 0.316 e. The maximum atomic E-state index is 15.5. The van der Waals surface area contributed by atoms with Crippen molar-refractivity contribution in [1.82, 2.24) is 0 Å². The largest absolute Gasteiger partial charge is 0.480 e. The van der Waals surface area contributed by atoms with Gasteiger partial charge in [-0.15, -0.1) is 0 Å². The average molecular weight is 519 g/mol. The third kappa shape index (κ3) is 7.33. The molecule has 3 N–H and O–H groups in total. The lowest BCUT2D eigenvalue weighted by Crippen LogP contribution is -2.56. The summed E-state index contributed by atoms with van der Waals surface area (Å²) in [6, 6.07) is 0. The van der Waals surface area contributed by atoms with E-state index >= 15 is 4.57 Å². The fraction of sp³-hybridized carbons (Fsp3) is 0.889. The molecule has 0 radical (unpaired) electrons. The molecular formula is C27H51O7P. The number of carboxylic acids is 3. The molecule has 3 unspecified atom stereocenters. The normalized spacial score (nSPS) is 18.6. The third-order valence-electron chi connectivity index (χ3n) is 8.02. The first kappa shape index (κ1) is 33.6. The van der Waals surface area contributed by atoms with Crippen LogP contribution in [0.3, 0.4) is 0 Å². The van der Waals surface area contributed by atoms with Gasteiger partial charge in [-0.3, -0.25) is 14.4 Å². The summed E-state index contributed by atoms with van der Waals surface area (Å²) in [5.41, 5.74) is 0. The molecule has 3 atom stereocenters. The lowest BCUT2D eigenvalue weighted by Gasteiger charge is -2.51. The Kier molecular flexibility index (Phi) is 14.4. The number of hydrogen-bond acceptors (Lipinski definition) is 4. The van der Waals surface area contributed by atoms with Gasteiger partial charge in [-0.25, -0.2) is 0 Å². The lowest BCUT2D eigenvalue weighted by molar-refractivity contribution is -0.141. The second-order valence-electron chi connectivity index (χ2n) is 10.8. The minimum atomic E-state index is -4.50. The Balaban J connectivity index is 6.99. The van der Waals surface area contributed by atoms with Crippen LogP contribution in [0.4, 0.5) is 0 Å². The van der Waals surface area contributed by atoms with Gasteiger partial charge in [0.05, 0.1) is 0 Å². The van der Waals surface area contributed by atoms with Crippen molar-refractivity contribution in [2.75, 3.05) is 0 Å². The zero-order valence-electron chi connectivity index (χ0n) is 23.0. The first-order valence-corrected chi connectivity index (χ1v) is 15.3. The Labute approximate surface area is 212 Å². The van der Waals surface area contributed by atoms with Crippen molar-refractivity contribution in [3.63, 3.8) is 0 Å². The van der Waals surface area contributed by atoms with E-state index in [-0.39, 0.29) is 19.3 Å². The Morgan fingerprint density at radius 2 is 0.743 bits per heavy atom. The summed E-state index contributed by atoms with van der Waals surface area (Å²) in [6.45, 7) is 10.1. The molecule has 0 fully saturated rings. The highest BCUT2D eigenvalue weighted by atomic mass is 31.2. The number of carboxylic acid groups (broad SMARTS) is 3. The molecule has 0 aliphatic rings. The quantitative estimate of drug-likeness (QED) is 0.104. The van der Waals surface area contributed by atoms with E-state index in [0.29, 0.717) is 19.3 Å². The van der Waals surface area contributed by atoms with Crippen molar-refractivity contribution in [2.45, 2.75) is 153 Å². The number of unbranched alkanes of at least 4 members (excludes halogenated alkanes) is 9. The second kappa shape index (κ2) is 15.0. The van der Waals surface area contributed by atoms with E-state index in [0.717, 1.165) is 57.8 Å². The molecule has 0 amide bonds. The van der Waals surface area contributed by atoms with E-state index in [4.69, 9.17) is 0 Å². The molecule has 0 saturated heterocycles. The first-order valence-electron chi connectivity index (χ1n) is 13.6. The molecule has 0 bridgehead atoms. The van der Waals surface area contributed by atoms with Crippen LogP contribution in [0.2, 0.25) is 0 Å². The van der Waals surface area contributed by atoms with Crippen LogP contribution in [0, 0.1) is 0 Å². The summed E-state index contributed by atoms with van der Waals surface area (Å²) in [5.74, 6) is -4.09. The van der Waals surface area contributed by atoms with Gasteiger partial charge in [0.1, 0.15) is 22.6 Å². The predicted octanol–water partition coefficient (Wildman–Crippen LogP) is 7.79. The Morgan fingerprint density at radius 3 is 0.914 bits per heavy atom. The number of rotatable bonds is 21. The Bertz CT molecular complexity index is 642. The maximum Gasteiger partial charge on any atom is 0.316 e. The minimum Gasteiger partial charge on any atom is -0.480 e. The van der Waals surface area contributed by atoms with Crippen molar-refractivity contribution in [1.29, 1.82) is 0 Å². The first-order chi connectivity index (χ1) is 16.3. The van der Waals surface area contributed by atoms with Gasteiger partial charge in [0.15, 0.2) is 0 Å². The average Bonchev–Trinajstić information content (AvgIpc) is 2.80. The molecule has 0 heterocycles. The standard InChI is InChI=1S/C27H51O7P/c1-7-10-13-16-19-25(4,22(28)29)35(34,26(5,23(30)31)20-17-14-11-8-2)27(6,24(32)33)21-18-15-12-9-3/h7-21H2,1-6H3,(H,28,29)(H,30,31)(H,32,33). The molecule has 0 saturated carbocycles. The molecule has 0 spiro atoms. The fourth-order valence-corrected chi connectivity index (χ4v) is 11.0. The van der Waals surface area contributed by atoms with E-state index in [2.05, 4.69) is 0 Å². The van der Waals surface area contributed by atoms with E-state index in [9.17, 15) is 29.7 Å². The Morgan fingerprint density at radius 1 is 0.514 bits per heavy atom. The lowest BCUT2D eigenvalue weighted by atomic mass is 9.99. The van der Waals surface area contributed by atoms with Crippen LogP contribution in [-0.4, -0.2) is 48.7 Å². The van der Waals surface area contributed by atoms with Gasteiger partial charge in [0.25, 0.3) is 0 Å². The van der Waals surface area contributed by atoms with Gasteiger partial charge in [-0.05, 0) is 40.0 Å². The third-order valence-corrected chi connectivity index (χ3v) is 13.4. The summed E-state index contributed by atoms with van der Waals surface area (Å²) < 4.78 is 15.5. The van der Waals surface area contributed by atoms with Crippen LogP contribution in [-0.2, 0) is 18.9 Å². The molecule has 0 rings (SSSR count). The van der Waals surface area contributed by atoms with Crippen LogP contribution in [0.5, 0.6) is 0 Å². The predicted molar refractivity (Wildman–Crippen MR) is 142 cm³/mol. The highest BCUT2D eigenvalue weighted by Gasteiger charge is 2.71. The summed E-state index contributed by atoms with van der Waals surface area (Å²) in [4.78, 5) is 38.6. The molecule has 0 aliphatic carbocycles. The second-order valence-corrected chi connectivity index (χ2v) is 15.0. The van der Waals surface area contributed by atoms with Gasteiger partial charge in [0, 0.05) is 0 Å². The summed E-state index contributed by atoms with van der Waals surface area (Å²) >= 11 is 0. The summed E-state index contributed by atoms with van der Waals surface area (Å²) in [6.07, 6.45) is 8.93. The van der Waals surface area contributed by atoms with Gasteiger partial charge in [-0.2, -0.15) is 0 Å². The molecule has 206 valence electrons. The molecule has 0 aromatic heterocycles. The Hall–Kier alpha value is -1.36. The number of carbonyl (C=O) groups is 3. The van der Waals surface area contributed by atoms with Gasteiger partial charge in [0.2, 0.25) is 0 Å². The topological polar surface area (TPSA) is 129 Å². The van der Waals surface area contributed by atoms with Gasteiger partial charge < -0.3 is 19.9 Å². The van der Waals surface area contributed by atoms with E-state index in [1.165, 1.54) is 20.8 Å². The molecule has 8 heteroatoms. The van der Waals surface area contributed by atoms with Crippen LogP contribution >= 0.6 is 7.14 Å². The van der Waals surface area contributed by atoms with Crippen molar-refractivity contribution in [2.24, 2.45) is 0 Å². The van der Waals surface area contributed by atoms with Crippen molar-refractivity contribution < 1.29 is 34.3 Å². The molecule has 0 aliphatic heterocycles. The molecule has 0 aromatic carbocycles. The van der Waals surface area contributed by atoms with Crippen LogP contribution in [0.25, 0.3) is 0 Å².